The topological polar surface area (TPSA) is 77.8 Å². The summed E-state index contributed by atoms with van der Waals surface area (Å²) >= 11 is 3.33. The van der Waals surface area contributed by atoms with Crippen LogP contribution >= 0.6 is 15.9 Å². The van der Waals surface area contributed by atoms with Gasteiger partial charge in [0.05, 0.1) is 0 Å². The summed E-state index contributed by atoms with van der Waals surface area (Å²) in [4.78, 5) is 8.44. The highest BCUT2D eigenvalue weighted by atomic mass is 79.9. The predicted molar refractivity (Wildman–Crippen MR) is 78.5 cm³/mol. The average Bonchev–Trinajstić information content (AvgIpc) is 2.99. The summed E-state index contributed by atoms with van der Waals surface area (Å²) < 4.78 is 19.2. The Morgan fingerprint density at radius 3 is 2.81 bits per heavy atom. The monoisotopic (exact) mass is 348 g/mol. The van der Waals surface area contributed by atoms with E-state index in [0.717, 1.165) is 5.56 Å². The number of nitrogens with zero attached hydrogens (tertiary/aromatic N) is 3. The third-order valence-electron chi connectivity index (χ3n) is 2.87. The van der Waals surface area contributed by atoms with Gasteiger partial charge in [0.2, 0.25) is 5.82 Å². The van der Waals surface area contributed by atoms with Crippen molar-refractivity contribution < 1.29 is 8.91 Å². The first-order valence-electron chi connectivity index (χ1n) is 6.12. The number of hydrogen-bond donors (Lipinski definition) is 1. The molecule has 0 saturated heterocycles. The second kappa shape index (κ2) is 5.71. The van der Waals surface area contributed by atoms with E-state index in [9.17, 15) is 4.39 Å². The van der Waals surface area contributed by atoms with Crippen LogP contribution in [0.4, 0.5) is 4.39 Å². The van der Waals surface area contributed by atoms with E-state index in [2.05, 4.69) is 31.1 Å². The molecule has 0 radical (unpaired) electrons. The van der Waals surface area contributed by atoms with E-state index in [1.54, 1.807) is 18.3 Å². The Hall–Kier alpha value is -2.12. The zero-order valence-corrected chi connectivity index (χ0v) is 12.3. The van der Waals surface area contributed by atoms with Crippen LogP contribution in [0.25, 0.3) is 23.0 Å². The van der Waals surface area contributed by atoms with Crippen molar-refractivity contribution in [2.24, 2.45) is 5.73 Å². The third-order valence-corrected chi connectivity index (χ3v) is 3.57. The highest BCUT2D eigenvalue weighted by Crippen LogP contribution is 2.28. The van der Waals surface area contributed by atoms with Crippen LogP contribution in [0.15, 0.2) is 45.5 Å². The fraction of sp³-hybridized carbons (Fsp3) is 0.0714. The van der Waals surface area contributed by atoms with E-state index in [-0.39, 0.29) is 11.7 Å². The Kier molecular flexibility index (Phi) is 3.76. The van der Waals surface area contributed by atoms with Crippen molar-refractivity contribution in [1.29, 1.82) is 0 Å². The quantitative estimate of drug-likeness (QED) is 0.786. The van der Waals surface area contributed by atoms with E-state index in [4.69, 9.17) is 10.3 Å². The molecule has 21 heavy (non-hydrogen) atoms. The molecule has 3 aromatic rings. The summed E-state index contributed by atoms with van der Waals surface area (Å²) in [6, 6.07) is 7.87. The Morgan fingerprint density at radius 2 is 2.10 bits per heavy atom. The zero-order chi connectivity index (χ0) is 14.8. The Bertz CT molecular complexity index is 773. The van der Waals surface area contributed by atoms with Gasteiger partial charge in [-0.25, -0.2) is 4.39 Å². The fourth-order valence-corrected chi connectivity index (χ4v) is 2.20. The van der Waals surface area contributed by atoms with Crippen molar-refractivity contribution in [1.82, 2.24) is 15.1 Å². The highest BCUT2D eigenvalue weighted by molar-refractivity contribution is 9.10. The van der Waals surface area contributed by atoms with Crippen LogP contribution in [0.5, 0.6) is 0 Å². The van der Waals surface area contributed by atoms with E-state index in [1.807, 2.05) is 6.07 Å². The highest BCUT2D eigenvalue weighted by Gasteiger charge is 2.14. The second-order valence-corrected chi connectivity index (χ2v) is 5.16. The van der Waals surface area contributed by atoms with Crippen molar-refractivity contribution in [2.45, 2.75) is 6.54 Å². The maximum atomic E-state index is 13.3. The molecule has 0 bridgehead atoms. The van der Waals surface area contributed by atoms with Crippen molar-refractivity contribution in [3.05, 3.63) is 52.4 Å². The van der Waals surface area contributed by atoms with E-state index < -0.39 is 0 Å². The van der Waals surface area contributed by atoms with Crippen molar-refractivity contribution in [2.75, 3.05) is 0 Å². The number of benzene rings is 1. The van der Waals surface area contributed by atoms with Gasteiger partial charge < -0.3 is 10.3 Å². The maximum Gasteiger partial charge on any atom is 0.276 e. The van der Waals surface area contributed by atoms with Gasteiger partial charge in [-0.1, -0.05) is 27.2 Å². The molecule has 0 unspecified atom stereocenters. The molecular formula is C14H10BrFN4O. The van der Waals surface area contributed by atoms with Crippen LogP contribution in [0.2, 0.25) is 0 Å². The molecule has 0 spiro atoms. The van der Waals surface area contributed by atoms with Gasteiger partial charge in [-0.05, 0) is 29.8 Å². The van der Waals surface area contributed by atoms with Crippen LogP contribution in [0.1, 0.15) is 5.56 Å². The van der Waals surface area contributed by atoms with Crippen molar-refractivity contribution in [3.8, 4) is 23.0 Å². The molecule has 0 fully saturated rings. The van der Waals surface area contributed by atoms with Gasteiger partial charge in [-0.3, -0.25) is 4.98 Å². The molecule has 3 rings (SSSR count). The molecule has 0 aliphatic heterocycles. The molecular weight excluding hydrogens is 339 g/mol. The lowest BCUT2D eigenvalue weighted by Crippen LogP contribution is -1.96. The Balaban J connectivity index is 1.97. The number of pyridine rings is 1. The summed E-state index contributed by atoms with van der Waals surface area (Å²) in [6.45, 7) is 0.415. The van der Waals surface area contributed by atoms with E-state index in [0.29, 0.717) is 28.1 Å². The summed E-state index contributed by atoms with van der Waals surface area (Å²) in [6.07, 6.45) is 1.65. The van der Waals surface area contributed by atoms with Crippen LogP contribution in [-0.2, 0) is 6.54 Å². The van der Waals surface area contributed by atoms with Crippen LogP contribution < -0.4 is 5.73 Å². The molecule has 2 aromatic heterocycles. The summed E-state index contributed by atoms with van der Waals surface area (Å²) in [7, 11) is 0. The van der Waals surface area contributed by atoms with Gasteiger partial charge >= 0.3 is 0 Å². The van der Waals surface area contributed by atoms with Crippen LogP contribution in [-0.4, -0.2) is 15.1 Å². The molecule has 5 nitrogen and oxygen atoms in total. The van der Waals surface area contributed by atoms with Gasteiger partial charge in [0.25, 0.3) is 5.89 Å². The first kappa shape index (κ1) is 13.8. The Labute approximate surface area is 128 Å². The summed E-state index contributed by atoms with van der Waals surface area (Å²) in [5.74, 6) is 0.191. The molecule has 0 atom stereocenters. The van der Waals surface area contributed by atoms with Gasteiger partial charge in [0, 0.05) is 22.8 Å². The molecule has 2 N–H and O–H groups in total. The number of rotatable bonds is 3. The molecule has 0 aliphatic rings. The number of halogens is 2. The van der Waals surface area contributed by atoms with E-state index >= 15 is 0 Å². The van der Waals surface area contributed by atoms with Gasteiger partial charge in [-0.15, -0.1) is 0 Å². The maximum absolute atomic E-state index is 13.3. The lowest BCUT2D eigenvalue weighted by atomic mass is 10.2. The molecule has 0 amide bonds. The SMILES string of the molecule is NCc1ccc(-c2nc(-c3cc(F)ccc3Br)no2)nc1. The first-order valence-corrected chi connectivity index (χ1v) is 6.91. The fourth-order valence-electron chi connectivity index (χ4n) is 1.78. The Morgan fingerprint density at radius 1 is 1.24 bits per heavy atom. The number of hydrogen-bond acceptors (Lipinski definition) is 5. The predicted octanol–water partition coefficient (Wildman–Crippen LogP) is 3.16. The zero-order valence-electron chi connectivity index (χ0n) is 10.8. The normalized spacial score (nSPS) is 10.8. The van der Waals surface area contributed by atoms with E-state index in [1.165, 1.54) is 12.1 Å². The molecule has 2 heterocycles. The first-order chi connectivity index (χ1) is 10.2. The molecule has 0 aliphatic carbocycles. The molecule has 0 saturated carbocycles. The van der Waals surface area contributed by atoms with Crippen molar-refractivity contribution in [3.63, 3.8) is 0 Å². The van der Waals surface area contributed by atoms with Gasteiger partial charge in [-0.2, -0.15) is 4.98 Å². The molecule has 106 valence electrons. The number of nitrogens with two attached hydrogens (primary N) is 1. The minimum atomic E-state index is -0.370. The average molecular weight is 349 g/mol. The standard InChI is InChI=1S/C14H10BrFN4O/c15-11-3-2-9(16)5-10(11)13-19-14(21-20-13)12-4-1-8(6-17)7-18-12/h1-5,7H,6,17H2. The number of aromatic nitrogens is 3. The third kappa shape index (κ3) is 2.84. The smallest absolute Gasteiger partial charge is 0.276 e. The van der Waals surface area contributed by atoms with Crippen LogP contribution in [0, 0.1) is 5.82 Å². The molecule has 1 aromatic carbocycles. The minimum absolute atomic E-state index is 0.268. The lowest BCUT2D eigenvalue weighted by molar-refractivity contribution is 0.431. The largest absolute Gasteiger partial charge is 0.332 e. The van der Waals surface area contributed by atoms with Gasteiger partial charge in [0.1, 0.15) is 11.5 Å². The summed E-state index contributed by atoms with van der Waals surface area (Å²) in [5.41, 5.74) is 7.48. The van der Waals surface area contributed by atoms with Crippen LogP contribution in [0.3, 0.4) is 0 Å². The summed E-state index contributed by atoms with van der Waals surface area (Å²) in [5, 5.41) is 3.86. The van der Waals surface area contributed by atoms with Crippen molar-refractivity contribution >= 4 is 15.9 Å². The second-order valence-electron chi connectivity index (χ2n) is 4.30. The lowest BCUT2D eigenvalue weighted by Gasteiger charge is -1.98. The minimum Gasteiger partial charge on any atom is -0.332 e. The molecule has 7 heteroatoms. The van der Waals surface area contributed by atoms with Gasteiger partial charge in [0.15, 0.2) is 0 Å².